The van der Waals surface area contributed by atoms with Crippen LogP contribution in [0.3, 0.4) is 0 Å². The average Bonchev–Trinajstić information content (AvgIpc) is 2.86. The summed E-state index contributed by atoms with van der Waals surface area (Å²) in [6, 6.07) is 16.6. The molecule has 191 valence electrons. The van der Waals surface area contributed by atoms with Gasteiger partial charge in [-0.05, 0) is 63.9 Å². The van der Waals surface area contributed by atoms with Crippen LogP contribution < -0.4 is 16.1 Å². The Balaban J connectivity index is 1.67. The van der Waals surface area contributed by atoms with E-state index in [1.54, 1.807) is 40.4 Å². The molecule has 37 heavy (non-hydrogen) atoms. The van der Waals surface area contributed by atoms with Crippen LogP contribution in [0.15, 0.2) is 60.8 Å². The smallest absolute Gasteiger partial charge is 0.330 e. The SMILES string of the molecule is C[C@H](NC(=O)c1cc(C#N)cnc1NCc1ccc([B]OC(C)(C)C(C)(C)O)cc1)c1ccc(F)cc1. The van der Waals surface area contributed by atoms with E-state index in [2.05, 4.69) is 15.6 Å². The number of halogens is 1. The number of rotatable bonds is 10. The Kier molecular flexibility index (Phi) is 8.69. The Morgan fingerprint density at radius 3 is 2.41 bits per heavy atom. The summed E-state index contributed by atoms with van der Waals surface area (Å²) in [4.78, 5) is 17.3. The van der Waals surface area contributed by atoms with E-state index >= 15 is 0 Å². The normalized spacial score (nSPS) is 12.4. The molecule has 0 aliphatic rings. The summed E-state index contributed by atoms with van der Waals surface area (Å²) < 4.78 is 19.0. The number of hydrogen-bond acceptors (Lipinski definition) is 6. The number of anilines is 1. The van der Waals surface area contributed by atoms with Gasteiger partial charge in [0.1, 0.15) is 17.7 Å². The van der Waals surface area contributed by atoms with E-state index in [-0.39, 0.29) is 23.0 Å². The van der Waals surface area contributed by atoms with Crippen molar-refractivity contribution in [3.63, 3.8) is 0 Å². The first-order valence-electron chi connectivity index (χ1n) is 11.9. The summed E-state index contributed by atoms with van der Waals surface area (Å²) >= 11 is 0. The monoisotopic (exact) mass is 501 g/mol. The molecule has 0 aliphatic heterocycles. The molecule has 0 spiro atoms. The molecule has 0 unspecified atom stereocenters. The van der Waals surface area contributed by atoms with Crippen molar-refractivity contribution in [2.75, 3.05) is 5.32 Å². The zero-order valence-corrected chi connectivity index (χ0v) is 21.7. The number of carbonyl (C=O) groups is 1. The van der Waals surface area contributed by atoms with Gasteiger partial charge in [0, 0.05) is 12.7 Å². The standard InChI is InChI=1S/C28H31BFN4O3/c1-18(21-8-12-23(30)13-9-21)34-26(35)24-14-20(15-31)17-33-25(24)32-16-19-6-10-22(11-7-19)29-37-28(4,5)27(2,3)36/h6-14,17-18,36H,16H2,1-5H3,(H,32,33)(H,34,35)/t18-/m0/s1. The van der Waals surface area contributed by atoms with Crippen LogP contribution in [0.5, 0.6) is 0 Å². The molecule has 3 rings (SSSR count). The maximum Gasteiger partial charge on any atom is 0.330 e. The van der Waals surface area contributed by atoms with Gasteiger partial charge in [0.15, 0.2) is 0 Å². The number of nitrogens with one attached hydrogen (secondary N) is 2. The third-order valence-electron chi connectivity index (χ3n) is 6.38. The molecule has 1 radical (unpaired) electrons. The molecule has 0 fully saturated rings. The minimum atomic E-state index is -1.01. The lowest BCUT2D eigenvalue weighted by molar-refractivity contribution is -0.0893. The van der Waals surface area contributed by atoms with Crippen LogP contribution >= 0.6 is 0 Å². The summed E-state index contributed by atoms with van der Waals surface area (Å²) in [5.41, 5.74) is 1.25. The molecule has 1 amide bonds. The number of benzene rings is 2. The number of carbonyl (C=O) groups excluding carboxylic acids is 1. The molecule has 9 heteroatoms. The Labute approximate surface area is 218 Å². The number of aliphatic hydroxyl groups is 1. The highest BCUT2D eigenvalue weighted by atomic mass is 19.1. The van der Waals surface area contributed by atoms with Crippen molar-refractivity contribution in [1.29, 1.82) is 5.26 Å². The first kappa shape index (κ1) is 27.8. The van der Waals surface area contributed by atoms with Crippen molar-refractivity contribution in [3.8, 4) is 6.07 Å². The Hall–Kier alpha value is -3.74. The number of hydrogen-bond donors (Lipinski definition) is 3. The van der Waals surface area contributed by atoms with Gasteiger partial charge in [-0.1, -0.05) is 41.9 Å². The van der Waals surface area contributed by atoms with E-state index in [1.807, 2.05) is 44.2 Å². The average molecular weight is 501 g/mol. The zero-order chi connectivity index (χ0) is 27.2. The fraction of sp³-hybridized carbons (Fsp3) is 0.321. The minimum absolute atomic E-state index is 0.236. The zero-order valence-electron chi connectivity index (χ0n) is 21.7. The summed E-state index contributed by atoms with van der Waals surface area (Å²) in [5.74, 6) is -0.412. The van der Waals surface area contributed by atoms with Gasteiger partial charge in [0.05, 0.1) is 28.4 Å². The molecule has 0 aliphatic carbocycles. The summed E-state index contributed by atoms with van der Waals surface area (Å²) in [5, 5.41) is 25.6. The van der Waals surface area contributed by atoms with Crippen molar-refractivity contribution in [3.05, 3.63) is 88.9 Å². The van der Waals surface area contributed by atoms with Gasteiger partial charge in [-0.15, -0.1) is 0 Å². The van der Waals surface area contributed by atoms with Crippen molar-refractivity contribution in [2.24, 2.45) is 0 Å². The van der Waals surface area contributed by atoms with Gasteiger partial charge in [-0.3, -0.25) is 4.79 Å². The van der Waals surface area contributed by atoms with E-state index in [9.17, 15) is 19.6 Å². The molecule has 3 aromatic rings. The van der Waals surface area contributed by atoms with E-state index < -0.39 is 17.1 Å². The second kappa shape index (κ2) is 11.5. The minimum Gasteiger partial charge on any atom is -0.427 e. The van der Waals surface area contributed by atoms with Crippen molar-refractivity contribution < 1.29 is 18.9 Å². The van der Waals surface area contributed by atoms with Crippen molar-refractivity contribution in [2.45, 2.75) is 58.4 Å². The highest BCUT2D eigenvalue weighted by molar-refractivity contribution is 6.47. The molecule has 1 atom stereocenters. The van der Waals surface area contributed by atoms with E-state index in [1.165, 1.54) is 24.4 Å². The van der Waals surface area contributed by atoms with Gasteiger partial charge in [0.25, 0.3) is 5.91 Å². The molecular formula is C28H31BFN4O3. The molecule has 7 nitrogen and oxygen atoms in total. The second-order valence-corrected chi connectivity index (χ2v) is 9.88. The maximum atomic E-state index is 13.2. The van der Waals surface area contributed by atoms with Crippen LogP contribution in [0.25, 0.3) is 0 Å². The van der Waals surface area contributed by atoms with E-state index in [4.69, 9.17) is 4.65 Å². The highest BCUT2D eigenvalue weighted by Crippen LogP contribution is 2.24. The number of amides is 1. The van der Waals surface area contributed by atoms with Gasteiger partial charge in [-0.2, -0.15) is 5.26 Å². The number of pyridine rings is 1. The summed E-state index contributed by atoms with van der Waals surface area (Å²) in [6.07, 6.45) is 1.41. The van der Waals surface area contributed by atoms with Crippen LogP contribution in [-0.4, -0.2) is 34.7 Å². The van der Waals surface area contributed by atoms with Gasteiger partial charge in [-0.25, -0.2) is 9.37 Å². The van der Waals surface area contributed by atoms with Crippen LogP contribution in [0, 0.1) is 17.1 Å². The van der Waals surface area contributed by atoms with Crippen LogP contribution in [0.4, 0.5) is 10.2 Å². The van der Waals surface area contributed by atoms with Gasteiger partial charge >= 0.3 is 7.48 Å². The lowest BCUT2D eigenvalue weighted by atomic mass is 9.82. The van der Waals surface area contributed by atoms with Crippen LogP contribution in [0.2, 0.25) is 0 Å². The van der Waals surface area contributed by atoms with E-state index in [0.717, 1.165) is 16.6 Å². The van der Waals surface area contributed by atoms with Gasteiger partial charge < -0.3 is 20.4 Å². The Morgan fingerprint density at radius 1 is 1.16 bits per heavy atom. The Morgan fingerprint density at radius 2 is 1.81 bits per heavy atom. The van der Waals surface area contributed by atoms with Crippen LogP contribution in [-0.2, 0) is 11.2 Å². The summed E-state index contributed by atoms with van der Waals surface area (Å²) in [7, 11) is 1.61. The molecule has 1 aromatic heterocycles. The largest absolute Gasteiger partial charge is 0.427 e. The third kappa shape index (κ3) is 7.38. The molecular weight excluding hydrogens is 470 g/mol. The lowest BCUT2D eigenvalue weighted by Gasteiger charge is -2.37. The number of nitrogens with zero attached hydrogens (tertiary/aromatic N) is 2. The molecule has 1 heterocycles. The lowest BCUT2D eigenvalue weighted by Crippen LogP contribution is -2.49. The second-order valence-electron chi connectivity index (χ2n) is 9.88. The molecule has 3 N–H and O–H groups in total. The Bertz CT molecular complexity index is 1270. The number of aromatic nitrogens is 1. The van der Waals surface area contributed by atoms with Crippen LogP contribution in [0.1, 0.15) is 67.7 Å². The topological polar surface area (TPSA) is 107 Å². The highest BCUT2D eigenvalue weighted by Gasteiger charge is 2.35. The molecule has 0 saturated heterocycles. The van der Waals surface area contributed by atoms with Crippen molar-refractivity contribution >= 4 is 24.7 Å². The van der Waals surface area contributed by atoms with Crippen molar-refractivity contribution in [1.82, 2.24) is 10.3 Å². The molecule has 0 bridgehead atoms. The predicted molar refractivity (Wildman–Crippen MR) is 142 cm³/mol. The first-order chi connectivity index (χ1) is 17.4. The maximum absolute atomic E-state index is 13.2. The molecule has 2 aromatic carbocycles. The fourth-order valence-electron chi connectivity index (χ4n) is 3.21. The summed E-state index contributed by atoms with van der Waals surface area (Å²) in [6.45, 7) is 9.23. The van der Waals surface area contributed by atoms with E-state index in [0.29, 0.717) is 12.4 Å². The van der Waals surface area contributed by atoms with Gasteiger partial charge in [0.2, 0.25) is 0 Å². The fourth-order valence-corrected chi connectivity index (χ4v) is 3.21. The number of nitriles is 1. The predicted octanol–water partition coefficient (Wildman–Crippen LogP) is 4.01. The molecule has 0 saturated carbocycles. The third-order valence-corrected chi connectivity index (χ3v) is 6.38. The first-order valence-corrected chi connectivity index (χ1v) is 11.9. The quantitative estimate of drug-likeness (QED) is 0.363.